The Morgan fingerprint density at radius 1 is 1.40 bits per heavy atom. The Bertz CT molecular complexity index is 451. The maximum absolute atomic E-state index is 4.45. The third-order valence-electron chi connectivity index (χ3n) is 4.04. The quantitative estimate of drug-likeness (QED) is 0.632. The third kappa shape index (κ3) is 0.953. The van der Waals surface area contributed by atoms with Crippen LogP contribution in [-0.2, 0) is 0 Å². The zero-order chi connectivity index (χ0) is 9.83. The molecule has 2 aliphatic carbocycles. The van der Waals surface area contributed by atoms with Crippen molar-refractivity contribution in [1.82, 2.24) is 5.32 Å². The molecule has 2 aliphatic heterocycles. The Morgan fingerprint density at radius 2 is 2.40 bits per heavy atom. The summed E-state index contributed by atoms with van der Waals surface area (Å²) in [7, 11) is 0. The Hall–Kier alpha value is -1.15. The minimum atomic E-state index is 0.632. The number of hydrogen-bond donors (Lipinski definition) is 1. The Labute approximate surface area is 89.5 Å². The second-order valence-electron chi connectivity index (χ2n) is 4.80. The number of fused-ring (bicyclic) bond motifs is 2. The van der Waals surface area contributed by atoms with E-state index >= 15 is 0 Å². The average Bonchev–Trinajstić information content (AvgIpc) is 2.87. The largest absolute Gasteiger partial charge is 0.309 e. The van der Waals surface area contributed by atoms with Crippen molar-refractivity contribution in [2.75, 3.05) is 6.54 Å². The highest BCUT2D eigenvalue weighted by Gasteiger charge is 2.38. The number of nitrogens with one attached hydrogen (secondary N) is 1. The van der Waals surface area contributed by atoms with E-state index in [0.29, 0.717) is 12.0 Å². The molecule has 0 aromatic rings. The van der Waals surface area contributed by atoms with Crippen molar-refractivity contribution in [3.05, 3.63) is 34.6 Å². The van der Waals surface area contributed by atoms with Crippen LogP contribution in [0.15, 0.2) is 39.6 Å². The number of aliphatic imine (C=N–C) groups is 1. The lowest BCUT2D eigenvalue weighted by Gasteiger charge is -2.29. The van der Waals surface area contributed by atoms with Crippen molar-refractivity contribution in [1.29, 1.82) is 0 Å². The average molecular weight is 198 g/mol. The molecular weight excluding hydrogens is 184 g/mol. The number of allylic oxidation sites excluding steroid dienone is 2. The molecule has 2 unspecified atom stereocenters. The first kappa shape index (κ1) is 8.05. The first-order chi connectivity index (χ1) is 7.43. The van der Waals surface area contributed by atoms with Gasteiger partial charge in [0.15, 0.2) is 0 Å². The molecule has 1 saturated heterocycles. The van der Waals surface area contributed by atoms with Crippen LogP contribution in [0, 0.1) is 5.92 Å². The zero-order valence-corrected chi connectivity index (χ0v) is 8.66. The Balaban J connectivity index is 1.92. The van der Waals surface area contributed by atoms with E-state index in [1.807, 2.05) is 6.21 Å². The van der Waals surface area contributed by atoms with Crippen LogP contribution in [0.3, 0.4) is 0 Å². The van der Waals surface area contributed by atoms with Gasteiger partial charge in [-0.1, -0.05) is 0 Å². The molecule has 15 heavy (non-hydrogen) atoms. The molecule has 1 N–H and O–H groups in total. The van der Waals surface area contributed by atoms with Crippen LogP contribution >= 0.6 is 0 Å². The lowest BCUT2D eigenvalue weighted by atomic mass is 9.76. The van der Waals surface area contributed by atoms with E-state index in [1.165, 1.54) is 30.5 Å². The summed E-state index contributed by atoms with van der Waals surface area (Å²) < 4.78 is 0. The van der Waals surface area contributed by atoms with Gasteiger partial charge in [-0.15, -0.1) is 0 Å². The van der Waals surface area contributed by atoms with Crippen molar-refractivity contribution >= 4 is 6.21 Å². The summed E-state index contributed by atoms with van der Waals surface area (Å²) in [5.41, 5.74) is 5.93. The normalized spacial score (nSPS) is 36.3. The second-order valence-corrected chi connectivity index (χ2v) is 4.80. The van der Waals surface area contributed by atoms with Crippen molar-refractivity contribution in [2.45, 2.75) is 25.3 Å². The molecule has 0 bridgehead atoms. The van der Waals surface area contributed by atoms with E-state index in [2.05, 4.69) is 22.5 Å². The molecule has 0 spiro atoms. The predicted octanol–water partition coefficient (Wildman–Crippen LogP) is 1.96. The lowest BCUT2D eigenvalue weighted by molar-refractivity contribution is 0.556. The second kappa shape index (κ2) is 2.70. The molecule has 76 valence electrons. The Kier molecular flexibility index (Phi) is 1.45. The molecule has 2 nitrogen and oxygen atoms in total. The highest BCUT2D eigenvalue weighted by atomic mass is 15.0. The number of hydrogen-bond acceptors (Lipinski definition) is 2. The summed E-state index contributed by atoms with van der Waals surface area (Å²) in [6.45, 7) is 1.12. The van der Waals surface area contributed by atoms with Gasteiger partial charge in [-0.3, -0.25) is 4.99 Å². The van der Waals surface area contributed by atoms with Gasteiger partial charge in [0.1, 0.15) is 0 Å². The lowest BCUT2D eigenvalue weighted by Crippen LogP contribution is -2.26. The summed E-state index contributed by atoms with van der Waals surface area (Å²) in [5, 5.41) is 3.64. The van der Waals surface area contributed by atoms with Gasteiger partial charge >= 0.3 is 0 Å². The standard InChI is InChI=1S/C13H14N2/c1-2-10-9-4-5-14-12(9)6-8-7-15-11(3-1)13(8)10/h4-6,8,11,15H,1-3,7H2. The zero-order valence-electron chi connectivity index (χ0n) is 8.66. The summed E-state index contributed by atoms with van der Waals surface area (Å²) in [6, 6.07) is 0.665. The molecule has 0 aromatic heterocycles. The summed E-state index contributed by atoms with van der Waals surface area (Å²) in [4.78, 5) is 4.45. The SMILES string of the molecule is C1=NC2=CC3CNC4CCCC(=C34)C2=C1. The molecule has 4 rings (SSSR count). The van der Waals surface area contributed by atoms with Crippen molar-refractivity contribution < 1.29 is 0 Å². The first-order valence-electron chi connectivity index (χ1n) is 5.87. The van der Waals surface area contributed by atoms with Crippen LogP contribution in [0.2, 0.25) is 0 Å². The maximum Gasteiger partial charge on any atom is 0.0671 e. The van der Waals surface area contributed by atoms with Crippen molar-refractivity contribution in [3.63, 3.8) is 0 Å². The van der Waals surface area contributed by atoms with Gasteiger partial charge < -0.3 is 5.32 Å². The smallest absolute Gasteiger partial charge is 0.0671 e. The van der Waals surface area contributed by atoms with Crippen LogP contribution < -0.4 is 5.32 Å². The first-order valence-corrected chi connectivity index (χ1v) is 5.87. The van der Waals surface area contributed by atoms with E-state index in [9.17, 15) is 0 Å². The summed E-state index contributed by atoms with van der Waals surface area (Å²) >= 11 is 0. The number of nitrogens with zero attached hydrogens (tertiary/aromatic N) is 1. The van der Waals surface area contributed by atoms with Crippen LogP contribution in [0.1, 0.15) is 19.3 Å². The highest BCUT2D eigenvalue weighted by Crippen LogP contribution is 2.45. The fourth-order valence-corrected chi connectivity index (χ4v) is 3.43. The molecule has 2 heterocycles. The Morgan fingerprint density at radius 3 is 3.40 bits per heavy atom. The molecule has 4 aliphatic rings. The van der Waals surface area contributed by atoms with Crippen LogP contribution in [0.4, 0.5) is 0 Å². The van der Waals surface area contributed by atoms with E-state index in [1.54, 1.807) is 11.1 Å². The van der Waals surface area contributed by atoms with Gasteiger partial charge in [0, 0.05) is 30.3 Å². The van der Waals surface area contributed by atoms with Gasteiger partial charge in [0.2, 0.25) is 0 Å². The summed E-state index contributed by atoms with van der Waals surface area (Å²) in [6.07, 6.45) is 10.4. The fourth-order valence-electron chi connectivity index (χ4n) is 3.43. The van der Waals surface area contributed by atoms with Gasteiger partial charge in [-0.2, -0.15) is 0 Å². The summed E-state index contributed by atoms with van der Waals surface area (Å²) in [5.74, 6) is 0.632. The van der Waals surface area contributed by atoms with Crippen LogP contribution in [-0.4, -0.2) is 18.8 Å². The van der Waals surface area contributed by atoms with Gasteiger partial charge in [-0.25, -0.2) is 0 Å². The molecule has 1 fully saturated rings. The minimum absolute atomic E-state index is 0.632. The molecule has 0 aromatic carbocycles. The van der Waals surface area contributed by atoms with Crippen LogP contribution in [0.25, 0.3) is 0 Å². The van der Waals surface area contributed by atoms with E-state index in [0.717, 1.165) is 6.54 Å². The minimum Gasteiger partial charge on any atom is -0.309 e. The molecular formula is C13H14N2. The van der Waals surface area contributed by atoms with Crippen molar-refractivity contribution in [2.24, 2.45) is 10.9 Å². The highest BCUT2D eigenvalue weighted by molar-refractivity contribution is 5.83. The molecule has 0 saturated carbocycles. The van der Waals surface area contributed by atoms with E-state index in [4.69, 9.17) is 0 Å². The van der Waals surface area contributed by atoms with E-state index in [-0.39, 0.29) is 0 Å². The van der Waals surface area contributed by atoms with Gasteiger partial charge in [0.05, 0.1) is 5.70 Å². The third-order valence-corrected chi connectivity index (χ3v) is 4.04. The number of rotatable bonds is 0. The fraction of sp³-hybridized carbons (Fsp3) is 0.462. The maximum atomic E-state index is 4.45. The molecule has 2 atom stereocenters. The molecule has 0 radical (unpaired) electrons. The predicted molar refractivity (Wildman–Crippen MR) is 60.8 cm³/mol. The topological polar surface area (TPSA) is 24.4 Å². The van der Waals surface area contributed by atoms with E-state index < -0.39 is 0 Å². The van der Waals surface area contributed by atoms with Crippen molar-refractivity contribution in [3.8, 4) is 0 Å². The molecule has 0 amide bonds. The molecule has 2 heteroatoms. The van der Waals surface area contributed by atoms with Gasteiger partial charge in [-0.05, 0) is 42.6 Å². The van der Waals surface area contributed by atoms with Gasteiger partial charge in [0.25, 0.3) is 0 Å². The van der Waals surface area contributed by atoms with Crippen LogP contribution in [0.5, 0.6) is 0 Å². The monoisotopic (exact) mass is 198 g/mol.